The first-order valence-corrected chi connectivity index (χ1v) is 12.3. The highest BCUT2D eigenvalue weighted by Crippen LogP contribution is 2.26. The van der Waals surface area contributed by atoms with E-state index in [0.717, 1.165) is 0 Å². The van der Waals surface area contributed by atoms with Crippen LogP contribution >= 0.6 is 0 Å². The van der Waals surface area contributed by atoms with E-state index in [-0.39, 0.29) is 12.4 Å². The summed E-state index contributed by atoms with van der Waals surface area (Å²) in [6.07, 6.45) is 0.548. The van der Waals surface area contributed by atoms with Crippen LogP contribution in [0, 0.1) is 0 Å². The van der Waals surface area contributed by atoms with E-state index in [9.17, 15) is 17.2 Å². The van der Waals surface area contributed by atoms with E-state index in [2.05, 4.69) is 20.1 Å². The molecule has 0 spiro atoms. The van der Waals surface area contributed by atoms with Crippen molar-refractivity contribution in [2.45, 2.75) is 13.0 Å². The fourth-order valence-electron chi connectivity index (χ4n) is 3.89. The summed E-state index contributed by atoms with van der Waals surface area (Å²) in [6.45, 7) is 2.14. The lowest BCUT2D eigenvalue weighted by molar-refractivity contribution is 0.116. The minimum atomic E-state index is -3.81. The first-order chi connectivity index (χ1) is 16.8. The third kappa shape index (κ3) is 4.74. The summed E-state index contributed by atoms with van der Waals surface area (Å²) in [5.74, 6) is -0.799. The molecule has 4 heterocycles. The number of halogens is 2. The molecule has 0 aliphatic carbocycles. The van der Waals surface area contributed by atoms with Gasteiger partial charge in [-0.3, -0.25) is 4.31 Å². The summed E-state index contributed by atoms with van der Waals surface area (Å²) < 4.78 is 62.4. The Morgan fingerprint density at radius 3 is 2.51 bits per heavy atom. The second-order valence-corrected chi connectivity index (χ2v) is 10.1. The molecule has 0 unspecified atom stereocenters. The Morgan fingerprint density at radius 2 is 1.83 bits per heavy atom. The molecule has 0 atom stereocenters. The van der Waals surface area contributed by atoms with Gasteiger partial charge in [0.2, 0.25) is 5.89 Å². The van der Waals surface area contributed by atoms with Crippen LogP contribution in [-0.4, -0.2) is 70.4 Å². The Hall–Kier alpha value is -3.42. The van der Waals surface area contributed by atoms with Gasteiger partial charge in [-0.15, -0.1) is 10.2 Å². The highest BCUT2D eigenvalue weighted by molar-refractivity contribution is 7.90. The van der Waals surface area contributed by atoms with Crippen molar-refractivity contribution in [2.75, 3.05) is 37.5 Å². The number of aromatic nitrogens is 4. The molecule has 184 valence electrons. The molecule has 1 aliphatic rings. The molecule has 4 aromatic rings. The monoisotopic (exact) mass is 503 g/mol. The van der Waals surface area contributed by atoms with Gasteiger partial charge in [-0.25, -0.2) is 4.98 Å². The van der Waals surface area contributed by atoms with Crippen molar-refractivity contribution in [1.82, 2.24) is 28.8 Å². The summed E-state index contributed by atoms with van der Waals surface area (Å²) in [4.78, 5) is 6.66. The molecule has 1 aromatic carbocycles. The minimum Gasteiger partial charge on any atom is -0.415 e. The van der Waals surface area contributed by atoms with Crippen molar-refractivity contribution in [3.8, 4) is 11.5 Å². The molecule has 10 nitrogen and oxygen atoms in total. The zero-order valence-electron chi connectivity index (χ0n) is 18.8. The number of nitrogens with zero attached hydrogens (tertiary/aromatic N) is 7. The van der Waals surface area contributed by atoms with Gasteiger partial charge in [0.1, 0.15) is 5.65 Å². The van der Waals surface area contributed by atoms with Crippen molar-refractivity contribution < 1.29 is 21.6 Å². The number of anilines is 1. The van der Waals surface area contributed by atoms with Gasteiger partial charge < -0.3 is 13.7 Å². The third-order valence-electron chi connectivity index (χ3n) is 5.80. The SMILES string of the molecule is CN1CCN(S(=O)(=O)N(Cc2cn3ccc(-c4nnc(C(F)F)o4)cc3n2)c2ccccc2)CC1. The van der Waals surface area contributed by atoms with Gasteiger partial charge in [0.25, 0.3) is 5.89 Å². The number of para-hydroxylation sites is 1. The fraction of sp³-hybridized carbons (Fsp3) is 0.318. The van der Waals surface area contributed by atoms with E-state index in [0.29, 0.717) is 48.8 Å². The number of imidazole rings is 1. The van der Waals surface area contributed by atoms with Crippen LogP contribution in [0.15, 0.2) is 59.3 Å². The fourth-order valence-corrected chi connectivity index (χ4v) is 5.48. The van der Waals surface area contributed by atoms with E-state index < -0.39 is 22.5 Å². The van der Waals surface area contributed by atoms with Crippen molar-refractivity contribution >= 4 is 21.5 Å². The maximum Gasteiger partial charge on any atom is 0.314 e. The van der Waals surface area contributed by atoms with Gasteiger partial charge in [-0.2, -0.15) is 21.5 Å². The summed E-state index contributed by atoms with van der Waals surface area (Å²) >= 11 is 0. The first kappa shape index (κ1) is 23.3. The molecule has 35 heavy (non-hydrogen) atoms. The Bertz CT molecular complexity index is 1420. The zero-order valence-corrected chi connectivity index (χ0v) is 19.6. The van der Waals surface area contributed by atoms with Crippen molar-refractivity contribution in [1.29, 1.82) is 0 Å². The molecular weight excluding hydrogens is 480 g/mol. The second kappa shape index (κ2) is 9.32. The van der Waals surface area contributed by atoms with Crippen LogP contribution in [0.3, 0.4) is 0 Å². The molecule has 5 rings (SSSR count). The molecule has 0 N–H and O–H groups in total. The molecule has 13 heteroatoms. The van der Waals surface area contributed by atoms with Crippen LogP contribution < -0.4 is 4.31 Å². The van der Waals surface area contributed by atoms with E-state index >= 15 is 0 Å². The van der Waals surface area contributed by atoms with Crippen LogP contribution in [0.2, 0.25) is 0 Å². The molecular formula is C22H23F2N7O3S. The Kier molecular flexibility index (Phi) is 6.21. The van der Waals surface area contributed by atoms with Crippen molar-refractivity contribution in [3.63, 3.8) is 0 Å². The van der Waals surface area contributed by atoms with Gasteiger partial charge in [0.15, 0.2) is 0 Å². The number of rotatable bonds is 7. The van der Waals surface area contributed by atoms with Crippen LogP contribution in [-0.2, 0) is 16.8 Å². The molecule has 0 saturated carbocycles. The molecule has 0 amide bonds. The van der Waals surface area contributed by atoms with Crippen LogP contribution in [0.5, 0.6) is 0 Å². The largest absolute Gasteiger partial charge is 0.415 e. The number of likely N-dealkylation sites (N-methyl/N-ethyl adjacent to an activating group) is 1. The molecule has 3 aromatic heterocycles. The molecule has 1 aliphatic heterocycles. The Morgan fingerprint density at radius 1 is 1.09 bits per heavy atom. The smallest absolute Gasteiger partial charge is 0.314 e. The quantitative estimate of drug-likeness (QED) is 0.382. The van der Waals surface area contributed by atoms with Gasteiger partial charge >= 0.3 is 16.6 Å². The number of alkyl halides is 2. The average Bonchev–Trinajstić information content (AvgIpc) is 3.50. The molecule has 1 fully saturated rings. The molecule has 0 bridgehead atoms. The number of fused-ring (bicyclic) bond motifs is 1. The zero-order chi connectivity index (χ0) is 24.6. The highest BCUT2D eigenvalue weighted by atomic mass is 32.2. The van der Waals surface area contributed by atoms with Gasteiger partial charge in [0.05, 0.1) is 17.9 Å². The van der Waals surface area contributed by atoms with E-state index in [1.807, 2.05) is 13.1 Å². The maximum atomic E-state index is 13.6. The van der Waals surface area contributed by atoms with Gasteiger partial charge in [0, 0.05) is 44.1 Å². The van der Waals surface area contributed by atoms with E-state index in [4.69, 9.17) is 4.42 Å². The average molecular weight is 504 g/mol. The summed E-state index contributed by atoms with van der Waals surface area (Å²) in [7, 11) is -1.84. The number of hydrogen-bond acceptors (Lipinski definition) is 7. The molecule has 1 saturated heterocycles. The van der Waals surface area contributed by atoms with E-state index in [1.54, 1.807) is 53.2 Å². The topological polar surface area (TPSA) is 100 Å². The van der Waals surface area contributed by atoms with E-state index in [1.165, 1.54) is 8.61 Å². The predicted molar refractivity (Wildman–Crippen MR) is 124 cm³/mol. The number of piperazine rings is 1. The van der Waals surface area contributed by atoms with Crippen LogP contribution in [0.25, 0.3) is 17.1 Å². The standard InChI is InChI=1S/C22H23F2N7O3S/c1-28-9-11-30(12-10-28)35(32,33)31(18-5-3-2-4-6-18)15-17-14-29-8-7-16(13-19(29)25-17)21-26-27-22(34-21)20(23)24/h2-8,13-14,20H,9-12,15H2,1H3. The highest BCUT2D eigenvalue weighted by Gasteiger charge is 2.32. The number of benzene rings is 1. The minimum absolute atomic E-state index is 0.0196. The van der Waals surface area contributed by atoms with Crippen LogP contribution in [0.4, 0.5) is 14.5 Å². The summed E-state index contributed by atoms with van der Waals surface area (Å²) in [6, 6.07) is 12.2. The van der Waals surface area contributed by atoms with Crippen LogP contribution in [0.1, 0.15) is 18.0 Å². The normalized spacial score (nSPS) is 15.8. The lowest BCUT2D eigenvalue weighted by Gasteiger charge is -2.35. The first-order valence-electron chi connectivity index (χ1n) is 10.9. The summed E-state index contributed by atoms with van der Waals surface area (Å²) in [5, 5.41) is 7.02. The number of hydrogen-bond donors (Lipinski definition) is 0. The lowest BCUT2D eigenvalue weighted by atomic mass is 10.2. The molecule has 0 radical (unpaired) electrons. The third-order valence-corrected chi connectivity index (χ3v) is 7.72. The van der Waals surface area contributed by atoms with Crippen molar-refractivity contribution in [3.05, 3.63) is 66.4 Å². The van der Waals surface area contributed by atoms with Gasteiger partial charge in [-0.05, 0) is 31.3 Å². The van der Waals surface area contributed by atoms with Gasteiger partial charge in [-0.1, -0.05) is 18.2 Å². The maximum absolute atomic E-state index is 13.6. The Labute approximate surface area is 200 Å². The van der Waals surface area contributed by atoms with Crippen molar-refractivity contribution in [2.24, 2.45) is 0 Å². The number of pyridine rings is 1. The lowest BCUT2D eigenvalue weighted by Crippen LogP contribution is -2.52. The Balaban J connectivity index is 1.46. The predicted octanol–water partition coefficient (Wildman–Crippen LogP) is 2.82. The summed E-state index contributed by atoms with van der Waals surface area (Å²) in [5.41, 5.74) is 1.97. The second-order valence-electron chi connectivity index (χ2n) is 8.21.